The van der Waals surface area contributed by atoms with E-state index in [9.17, 15) is 4.79 Å². The minimum atomic E-state index is -0.402. The summed E-state index contributed by atoms with van der Waals surface area (Å²) in [5, 5.41) is 18.6. The monoisotopic (exact) mass is 425 g/mol. The number of hydrogen-bond donors (Lipinski definition) is 0. The first-order valence-corrected chi connectivity index (χ1v) is 10.4. The highest BCUT2D eigenvalue weighted by atomic mass is 35.5. The third-order valence-electron chi connectivity index (χ3n) is 5.53. The number of carbonyl (C=O) groups excluding carboxylic acids is 1. The molecule has 0 unspecified atom stereocenters. The number of carbonyl (C=O) groups is 1. The Morgan fingerprint density at radius 1 is 1.13 bits per heavy atom. The molecule has 10 heteroatoms. The van der Waals surface area contributed by atoms with Crippen molar-refractivity contribution in [3.8, 4) is 5.69 Å². The average molecular weight is 426 g/mol. The van der Waals surface area contributed by atoms with Gasteiger partial charge in [0.2, 0.25) is 0 Å². The smallest absolute Gasteiger partial charge is 0.311 e. The molecule has 1 aromatic carbocycles. The lowest BCUT2D eigenvalue weighted by atomic mass is 9.89. The standard InChI is InChI=1S/C20H20ClN7O2/c1-30-16(29)11-15-17-19(27(25-15)14-9-7-13(21)8-10-14)28-20(24-23-17)22-18(26-28)12-5-3-2-4-6-12/h7-10,12H,2-6,11H2,1H3. The van der Waals surface area contributed by atoms with E-state index in [1.165, 1.54) is 26.4 Å². The number of fused-ring (bicyclic) bond motifs is 3. The molecule has 3 heterocycles. The molecule has 3 aromatic heterocycles. The number of halogens is 1. The highest BCUT2D eigenvalue weighted by Gasteiger charge is 2.24. The first kappa shape index (κ1) is 18.9. The largest absolute Gasteiger partial charge is 0.469 e. The summed E-state index contributed by atoms with van der Waals surface area (Å²) >= 11 is 6.05. The van der Waals surface area contributed by atoms with Gasteiger partial charge < -0.3 is 4.74 Å². The van der Waals surface area contributed by atoms with Crippen LogP contribution >= 0.6 is 11.6 Å². The van der Waals surface area contributed by atoms with Gasteiger partial charge in [-0.05, 0) is 37.1 Å². The molecule has 0 spiro atoms. The van der Waals surface area contributed by atoms with Gasteiger partial charge in [0, 0.05) is 10.9 Å². The van der Waals surface area contributed by atoms with Crippen molar-refractivity contribution in [2.24, 2.45) is 0 Å². The molecule has 1 fully saturated rings. The molecule has 154 valence electrons. The first-order chi connectivity index (χ1) is 14.6. The molecule has 30 heavy (non-hydrogen) atoms. The highest BCUT2D eigenvalue weighted by molar-refractivity contribution is 6.30. The van der Waals surface area contributed by atoms with Crippen LogP contribution in [0.3, 0.4) is 0 Å². The molecule has 0 N–H and O–H groups in total. The Kier molecular flexibility index (Phi) is 4.82. The quantitative estimate of drug-likeness (QED) is 0.462. The van der Waals surface area contributed by atoms with Gasteiger partial charge in [-0.3, -0.25) is 4.79 Å². The van der Waals surface area contributed by atoms with Gasteiger partial charge in [0.1, 0.15) is 5.69 Å². The van der Waals surface area contributed by atoms with Crippen LogP contribution in [0.1, 0.15) is 49.5 Å². The van der Waals surface area contributed by atoms with E-state index in [-0.39, 0.29) is 6.42 Å². The van der Waals surface area contributed by atoms with Crippen LogP contribution in [-0.4, -0.2) is 47.7 Å². The Morgan fingerprint density at radius 2 is 1.90 bits per heavy atom. The number of nitrogens with zero attached hydrogens (tertiary/aromatic N) is 7. The molecular formula is C20H20ClN7O2. The minimum Gasteiger partial charge on any atom is -0.469 e. The highest BCUT2D eigenvalue weighted by Crippen LogP contribution is 2.31. The van der Waals surface area contributed by atoms with Crippen LogP contribution in [0.15, 0.2) is 24.3 Å². The van der Waals surface area contributed by atoms with Crippen molar-refractivity contribution < 1.29 is 9.53 Å². The predicted octanol–water partition coefficient (Wildman–Crippen LogP) is 3.27. The van der Waals surface area contributed by atoms with Crippen LogP contribution in [-0.2, 0) is 16.0 Å². The second-order valence-corrected chi connectivity index (χ2v) is 7.91. The molecule has 0 bridgehead atoms. The molecule has 4 aromatic rings. The number of aromatic nitrogens is 7. The third-order valence-corrected chi connectivity index (χ3v) is 5.79. The number of methoxy groups -OCH3 is 1. The third kappa shape index (κ3) is 3.28. The minimum absolute atomic E-state index is 0.0159. The summed E-state index contributed by atoms with van der Waals surface area (Å²) < 4.78 is 8.19. The maximum atomic E-state index is 11.9. The summed E-state index contributed by atoms with van der Waals surface area (Å²) in [6.45, 7) is 0. The Labute approximate surface area is 177 Å². The maximum Gasteiger partial charge on any atom is 0.311 e. The van der Waals surface area contributed by atoms with Crippen LogP contribution in [0.5, 0.6) is 0 Å². The summed E-state index contributed by atoms with van der Waals surface area (Å²) in [4.78, 5) is 16.6. The maximum absolute atomic E-state index is 11.9. The van der Waals surface area contributed by atoms with Crippen LogP contribution in [0.2, 0.25) is 5.02 Å². The Hall–Kier alpha value is -3.07. The van der Waals surface area contributed by atoms with Crippen molar-refractivity contribution in [1.82, 2.24) is 34.6 Å². The summed E-state index contributed by atoms with van der Waals surface area (Å²) in [5.41, 5.74) is 2.33. The fourth-order valence-corrected chi connectivity index (χ4v) is 4.11. The predicted molar refractivity (Wildman–Crippen MR) is 110 cm³/mol. The lowest BCUT2D eigenvalue weighted by Crippen LogP contribution is -2.07. The molecule has 9 nitrogen and oxygen atoms in total. The number of benzene rings is 1. The Bertz CT molecular complexity index is 1230. The van der Waals surface area contributed by atoms with Crippen molar-refractivity contribution in [2.75, 3.05) is 7.11 Å². The van der Waals surface area contributed by atoms with Crippen molar-refractivity contribution >= 4 is 34.5 Å². The van der Waals surface area contributed by atoms with Gasteiger partial charge in [0.05, 0.1) is 19.2 Å². The van der Waals surface area contributed by atoms with Crippen LogP contribution in [0.25, 0.3) is 22.6 Å². The average Bonchev–Trinajstić information content (AvgIpc) is 3.36. The van der Waals surface area contributed by atoms with Gasteiger partial charge in [-0.15, -0.1) is 15.3 Å². The summed E-state index contributed by atoms with van der Waals surface area (Å²) in [7, 11) is 1.35. The van der Waals surface area contributed by atoms with E-state index < -0.39 is 5.97 Å². The van der Waals surface area contributed by atoms with Gasteiger partial charge in [-0.2, -0.15) is 14.6 Å². The lowest BCUT2D eigenvalue weighted by molar-refractivity contribution is -0.139. The van der Waals surface area contributed by atoms with E-state index in [0.717, 1.165) is 24.4 Å². The van der Waals surface area contributed by atoms with Crippen molar-refractivity contribution in [1.29, 1.82) is 0 Å². The molecule has 0 amide bonds. The van der Waals surface area contributed by atoms with Crippen LogP contribution < -0.4 is 0 Å². The normalized spacial score (nSPS) is 15.1. The number of hydrogen-bond acceptors (Lipinski definition) is 7. The number of esters is 1. The second kappa shape index (κ2) is 7.64. The van der Waals surface area contributed by atoms with E-state index in [1.54, 1.807) is 21.3 Å². The number of rotatable bonds is 4. The summed E-state index contributed by atoms with van der Waals surface area (Å²) in [6, 6.07) is 7.26. The Balaban J connectivity index is 1.72. The molecule has 1 aliphatic carbocycles. The zero-order valence-corrected chi connectivity index (χ0v) is 17.2. The molecule has 0 saturated heterocycles. The van der Waals surface area contributed by atoms with Gasteiger partial charge >= 0.3 is 5.97 Å². The van der Waals surface area contributed by atoms with Crippen LogP contribution in [0.4, 0.5) is 0 Å². The van der Waals surface area contributed by atoms with Crippen LogP contribution in [0, 0.1) is 0 Å². The molecule has 0 radical (unpaired) electrons. The first-order valence-electron chi connectivity index (χ1n) is 9.98. The second-order valence-electron chi connectivity index (χ2n) is 7.48. The SMILES string of the molecule is COC(=O)Cc1nn(-c2ccc(Cl)cc2)c2c1nnc1nc(C3CCCCC3)nn12. The lowest BCUT2D eigenvalue weighted by Gasteiger charge is -2.17. The van der Waals surface area contributed by atoms with E-state index in [4.69, 9.17) is 21.4 Å². The van der Waals surface area contributed by atoms with Crippen molar-refractivity contribution in [3.05, 3.63) is 40.8 Å². The van der Waals surface area contributed by atoms with E-state index in [0.29, 0.717) is 33.6 Å². The van der Waals surface area contributed by atoms with Gasteiger partial charge in [0.15, 0.2) is 17.0 Å². The number of ether oxygens (including phenoxy) is 1. The van der Waals surface area contributed by atoms with Gasteiger partial charge in [-0.1, -0.05) is 30.9 Å². The van der Waals surface area contributed by atoms with E-state index in [1.807, 2.05) is 12.1 Å². The molecule has 1 aliphatic rings. The zero-order valence-electron chi connectivity index (χ0n) is 16.5. The molecular weight excluding hydrogens is 406 g/mol. The van der Waals surface area contributed by atoms with Gasteiger partial charge in [-0.25, -0.2) is 4.68 Å². The summed E-state index contributed by atoms with van der Waals surface area (Å²) in [6.07, 6.45) is 5.78. The fourth-order valence-electron chi connectivity index (χ4n) is 3.98. The fraction of sp³-hybridized carbons (Fsp3) is 0.400. The molecule has 1 saturated carbocycles. The zero-order chi connectivity index (χ0) is 20.7. The van der Waals surface area contributed by atoms with Gasteiger partial charge in [0.25, 0.3) is 5.78 Å². The molecule has 0 aliphatic heterocycles. The van der Waals surface area contributed by atoms with Crippen molar-refractivity contribution in [3.63, 3.8) is 0 Å². The molecule has 0 atom stereocenters. The van der Waals surface area contributed by atoms with E-state index >= 15 is 0 Å². The summed E-state index contributed by atoms with van der Waals surface area (Å²) in [5.74, 6) is 1.13. The van der Waals surface area contributed by atoms with Crippen molar-refractivity contribution in [2.45, 2.75) is 44.4 Å². The van der Waals surface area contributed by atoms with E-state index in [2.05, 4.69) is 20.3 Å². The Morgan fingerprint density at radius 3 is 2.63 bits per heavy atom. The topological polar surface area (TPSA) is 100 Å². The molecule has 5 rings (SSSR count).